The maximum Gasteiger partial charge on any atom is 0.262 e. The van der Waals surface area contributed by atoms with E-state index in [0.717, 1.165) is 23.3 Å². The van der Waals surface area contributed by atoms with E-state index < -0.39 is 6.04 Å². The average molecular weight is 360 g/mol. The van der Waals surface area contributed by atoms with Gasteiger partial charge in [-0.2, -0.15) is 0 Å². The summed E-state index contributed by atoms with van der Waals surface area (Å²) in [5.41, 5.74) is 0. The van der Waals surface area contributed by atoms with Crippen LogP contribution in [0, 0.1) is 0 Å². The van der Waals surface area contributed by atoms with Crippen molar-refractivity contribution in [3.8, 4) is 0 Å². The standard InChI is InChI=1S/C13H18BrN3O2S/c1-8(13(19)17(2)9-5-6-15-7-9)16-12(18)10-3-4-11(14)20-10/h3-4,8-9,15H,5-7H2,1-2H3,(H,16,18). The van der Waals surface area contributed by atoms with Gasteiger partial charge in [0.15, 0.2) is 0 Å². The van der Waals surface area contributed by atoms with Gasteiger partial charge in [0.25, 0.3) is 5.91 Å². The molecule has 1 aliphatic heterocycles. The van der Waals surface area contributed by atoms with Crippen LogP contribution in [0.25, 0.3) is 0 Å². The largest absolute Gasteiger partial charge is 0.340 e. The van der Waals surface area contributed by atoms with E-state index in [1.807, 2.05) is 6.07 Å². The lowest BCUT2D eigenvalue weighted by atomic mass is 10.2. The van der Waals surface area contributed by atoms with Crippen LogP contribution in [0.5, 0.6) is 0 Å². The molecule has 5 nitrogen and oxygen atoms in total. The Labute approximate surface area is 130 Å². The quantitative estimate of drug-likeness (QED) is 0.855. The molecule has 1 aliphatic rings. The number of rotatable bonds is 4. The number of carbonyl (C=O) groups is 2. The minimum Gasteiger partial charge on any atom is -0.340 e. The van der Waals surface area contributed by atoms with E-state index in [0.29, 0.717) is 4.88 Å². The van der Waals surface area contributed by atoms with E-state index in [-0.39, 0.29) is 17.9 Å². The third kappa shape index (κ3) is 3.59. The van der Waals surface area contributed by atoms with E-state index in [1.165, 1.54) is 11.3 Å². The van der Waals surface area contributed by atoms with E-state index in [1.54, 1.807) is 24.9 Å². The van der Waals surface area contributed by atoms with Crippen molar-refractivity contribution in [3.05, 3.63) is 20.8 Å². The SMILES string of the molecule is CC(NC(=O)c1ccc(Br)s1)C(=O)N(C)C1CCNC1. The fourth-order valence-electron chi connectivity index (χ4n) is 2.22. The first-order valence-electron chi connectivity index (χ1n) is 6.52. The van der Waals surface area contributed by atoms with Crippen LogP contribution in [-0.2, 0) is 4.79 Å². The van der Waals surface area contributed by atoms with Gasteiger partial charge >= 0.3 is 0 Å². The topological polar surface area (TPSA) is 61.4 Å². The number of thiophene rings is 1. The lowest BCUT2D eigenvalue weighted by Gasteiger charge is -2.27. The molecule has 2 heterocycles. The van der Waals surface area contributed by atoms with Gasteiger partial charge in [0, 0.05) is 19.6 Å². The van der Waals surface area contributed by atoms with Crippen LogP contribution in [0.2, 0.25) is 0 Å². The number of likely N-dealkylation sites (N-methyl/N-ethyl adjacent to an activating group) is 1. The summed E-state index contributed by atoms with van der Waals surface area (Å²) in [4.78, 5) is 26.6. The molecule has 0 aromatic carbocycles. The summed E-state index contributed by atoms with van der Waals surface area (Å²) in [6.07, 6.45) is 0.959. The van der Waals surface area contributed by atoms with E-state index >= 15 is 0 Å². The predicted molar refractivity (Wildman–Crippen MR) is 83.0 cm³/mol. The van der Waals surface area contributed by atoms with Gasteiger partial charge in [-0.25, -0.2) is 0 Å². The molecule has 1 fully saturated rings. The van der Waals surface area contributed by atoms with Gasteiger partial charge in [0.1, 0.15) is 6.04 Å². The van der Waals surface area contributed by atoms with Gasteiger partial charge < -0.3 is 15.5 Å². The van der Waals surface area contributed by atoms with Crippen LogP contribution >= 0.6 is 27.3 Å². The van der Waals surface area contributed by atoms with Gasteiger partial charge in [0.2, 0.25) is 5.91 Å². The molecular weight excluding hydrogens is 342 g/mol. The fraction of sp³-hybridized carbons (Fsp3) is 0.538. The molecule has 1 aromatic rings. The summed E-state index contributed by atoms with van der Waals surface area (Å²) in [6.45, 7) is 3.48. The Bertz CT molecular complexity index is 500. The van der Waals surface area contributed by atoms with Crippen molar-refractivity contribution in [2.45, 2.75) is 25.4 Å². The molecule has 2 N–H and O–H groups in total. The molecule has 0 aliphatic carbocycles. The summed E-state index contributed by atoms with van der Waals surface area (Å²) < 4.78 is 0.899. The van der Waals surface area contributed by atoms with Crippen LogP contribution in [0.4, 0.5) is 0 Å². The van der Waals surface area contributed by atoms with Crippen molar-refractivity contribution in [1.82, 2.24) is 15.5 Å². The number of nitrogens with one attached hydrogen (secondary N) is 2. The zero-order chi connectivity index (χ0) is 14.7. The Hall–Kier alpha value is -0.920. The molecule has 7 heteroatoms. The highest BCUT2D eigenvalue weighted by Gasteiger charge is 2.27. The highest BCUT2D eigenvalue weighted by molar-refractivity contribution is 9.11. The summed E-state index contributed by atoms with van der Waals surface area (Å²) in [5, 5.41) is 5.98. The number of carbonyl (C=O) groups excluding carboxylic acids is 2. The highest BCUT2D eigenvalue weighted by atomic mass is 79.9. The molecule has 0 radical (unpaired) electrons. The Morgan fingerprint density at radius 1 is 1.55 bits per heavy atom. The molecule has 20 heavy (non-hydrogen) atoms. The molecule has 0 bridgehead atoms. The molecule has 2 amide bonds. The minimum absolute atomic E-state index is 0.0531. The first-order valence-corrected chi connectivity index (χ1v) is 8.13. The maximum absolute atomic E-state index is 12.3. The Balaban J connectivity index is 1.91. The van der Waals surface area contributed by atoms with Crippen molar-refractivity contribution >= 4 is 39.1 Å². The first kappa shape index (κ1) is 15.5. The maximum atomic E-state index is 12.3. The predicted octanol–water partition coefficient (Wildman–Crippen LogP) is 1.45. The smallest absolute Gasteiger partial charge is 0.262 e. The number of amides is 2. The van der Waals surface area contributed by atoms with Crippen molar-refractivity contribution < 1.29 is 9.59 Å². The first-order chi connectivity index (χ1) is 9.49. The van der Waals surface area contributed by atoms with Crippen LogP contribution in [0.3, 0.4) is 0 Å². The third-order valence-corrected chi connectivity index (χ3v) is 5.07. The van der Waals surface area contributed by atoms with Crippen molar-refractivity contribution in [2.24, 2.45) is 0 Å². The summed E-state index contributed by atoms with van der Waals surface area (Å²) in [5.74, 6) is -0.262. The third-order valence-electron chi connectivity index (χ3n) is 3.44. The normalized spacial score (nSPS) is 19.6. The second kappa shape index (κ2) is 6.69. The highest BCUT2D eigenvalue weighted by Crippen LogP contribution is 2.22. The number of hydrogen-bond acceptors (Lipinski definition) is 4. The van der Waals surface area contributed by atoms with E-state index in [4.69, 9.17) is 0 Å². The zero-order valence-corrected chi connectivity index (χ0v) is 13.9. The van der Waals surface area contributed by atoms with Crippen molar-refractivity contribution in [3.63, 3.8) is 0 Å². The van der Waals surface area contributed by atoms with Crippen LogP contribution in [0.1, 0.15) is 23.0 Å². The Morgan fingerprint density at radius 2 is 2.30 bits per heavy atom. The van der Waals surface area contributed by atoms with Gasteiger partial charge in [0.05, 0.1) is 8.66 Å². The summed E-state index contributed by atoms with van der Waals surface area (Å²) in [7, 11) is 1.80. The van der Waals surface area contributed by atoms with E-state index in [9.17, 15) is 9.59 Å². The second-order valence-corrected chi connectivity index (χ2v) is 7.36. The fourth-order valence-corrected chi connectivity index (χ4v) is 3.51. The molecule has 0 saturated carbocycles. The molecule has 2 atom stereocenters. The molecule has 1 saturated heterocycles. The Morgan fingerprint density at radius 3 is 2.85 bits per heavy atom. The average Bonchev–Trinajstić information content (AvgIpc) is 3.07. The molecule has 110 valence electrons. The van der Waals surface area contributed by atoms with Gasteiger partial charge in [-0.1, -0.05) is 0 Å². The van der Waals surface area contributed by atoms with Crippen LogP contribution < -0.4 is 10.6 Å². The molecule has 0 spiro atoms. The molecule has 2 unspecified atom stereocenters. The lowest BCUT2D eigenvalue weighted by molar-refractivity contribution is -0.133. The van der Waals surface area contributed by atoms with Crippen molar-refractivity contribution in [2.75, 3.05) is 20.1 Å². The van der Waals surface area contributed by atoms with Crippen LogP contribution in [0.15, 0.2) is 15.9 Å². The summed E-state index contributed by atoms with van der Waals surface area (Å²) >= 11 is 4.67. The molecule has 1 aromatic heterocycles. The van der Waals surface area contributed by atoms with Crippen LogP contribution in [-0.4, -0.2) is 48.9 Å². The number of halogens is 1. The van der Waals surface area contributed by atoms with Gasteiger partial charge in [-0.3, -0.25) is 9.59 Å². The Kier molecular flexibility index (Phi) is 5.17. The molecular formula is C13H18BrN3O2S. The number of hydrogen-bond donors (Lipinski definition) is 2. The zero-order valence-electron chi connectivity index (χ0n) is 11.5. The molecule has 2 rings (SSSR count). The number of nitrogens with zero attached hydrogens (tertiary/aromatic N) is 1. The van der Waals surface area contributed by atoms with Crippen molar-refractivity contribution in [1.29, 1.82) is 0 Å². The summed E-state index contributed by atoms with van der Waals surface area (Å²) in [6, 6.07) is 3.26. The van der Waals surface area contributed by atoms with Gasteiger partial charge in [-0.05, 0) is 48.0 Å². The lowest BCUT2D eigenvalue weighted by Crippen LogP contribution is -2.49. The van der Waals surface area contributed by atoms with E-state index in [2.05, 4.69) is 26.6 Å². The minimum atomic E-state index is -0.519. The second-order valence-electron chi connectivity index (χ2n) is 4.89. The monoisotopic (exact) mass is 359 g/mol. The van der Waals surface area contributed by atoms with Gasteiger partial charge in [-0.15, -0.1) is 11.3 Å².